The zero-order chi connectivity index (χ0) is 13.0. The van der Waals surface area contributed by atoms with Gasteiger partial charge in [-0.2, -0.15) is 0 Å². The molecule has 0 saturated heterocycles. The maximum absolute atomic E-state index is 12.0. The molecule has 96 valence electrons. The normalized spacial score (nSPS) is 12.6. The lowest BCUT2D eigenvalue weighted by atomic mass is 10.0. The number of nitrogens with zero attached hydrogens (tertiary/aromatic N) is 1. The average molecular weight is 264 g/mol. The van der Waals surface area contributed by atoms with Gasteiger partial charge < -0.3 is 9.73 Å². The first kappa shape index (κ1) is 12.8. The number of aromatic nitrogens is 1. The highest BCUT2D eigenvalue weighted by molar-refractivity contribution is 7.09. The maximum atomic E-state index is 12.0. The molecule has 1 atom stereocenters. The molecular formula is C13H16N2O2S. The summed E-state index contributed by atoms with van der Waals surface area (Å²) in [6, 6.07) is 3.31. The van der Waals surface area contributed by atoms with Crippen LogP contribution in [0.5, 0.6) is 0 Å². The van der Waals surface area contributed by atoms with E-state index in [-0.39, 0.29) is 11.9 Å². The molecule has 0 spiro atoms. The first-order valence-corrected chi connectivity index (χ1v) is 6.78. The lowest BCUT2D eigenvalue weighted by molar-refractivity contribution is 0.0903. The van der Waals surface area contributed by atoms with E-state index in [1.165, 1.54) is 6.26 Å². The van der Waals surface area contributed by atoms with E-state index in [2.05, 4.69) is 24.1 Å². The first-order chi connectivity index (χ1) is 8.66. The molecule has 4 nitrogen and oxygen atoms in total. The van der Waals surface area contributed by atoms with Crippen molar-refractivity contribution < 1.29 is 9.21 Å². The highest BCUT2D eigenvalue weighted by Gasteiger charge is 2.20. The van der Waals surface area contributed by atoms with Crippen LogP contribution in [-0.4, -0.2) is 10.9 Å². The number of carbonyl (C=O) groups is 1. The van der Waals surface area contributed by atoms with Gasteiger partial charge in [0.1, 0.15) is 5.01 Å². The Morgan fingerprint density at radius 3 is 2.94 bits per heavy atom. The molecule has 0 aliphatic carbocycles. The summed E-state index contributed by atoms with van der Waals surface area (Å²) in [7, 11) is 0. The number of rotatable bonds is 5. The van der Waals surface area contributed by atoms with Crippen LogP contribution in [0, 0.1) is 5.92 Å². The molecule has 2 rings (SSSR count). The van der Waals surface area contributed by atoms with E-state index in [0.717, 1.165) is 11.4 Å². The van der Waals surface area contributed by atoms with Crippen molar-refractivity contribution in [3.8, 4) is 0 Å². The summed E-state index contributed by atoms with van der Waals surface area (Å²) in [5.41, 5.74) is 0. The third-order valence-electron chi connectivity index (χ3n) is 2.51. The first-order valence-electron chi connectivity index (χ1n) is 5.90. The van der Waals surface area contributed by atoms with E-state index in [9.17, 15) is 4.79 Å². The van der Waals surface area contributed by atoms with Crippen LogP contribution in [0.1, 0.15) is 41.9 Å². The molecule has 1 N–H and O–H groups in total. The standard InChI is InChI=1S/C13H16N2O2S/c1-9(2)8-10(13-14-5-7-18-13)15-12(16)11-4-3-6-17-11/h3-7,9-10H,8H2,1-2H3,(H,15,16). The number of amides is 1. The van der Waals surface area contributed by atoms with Gasteiger partial charge in [0.15, 0.2) is 5.76 Å². The van der Waals surface area contributed by atoms with Crippen molar-refractivity contribution in [2.24, 2.45) is 5.92 Å². The second-order valence-electron chi connectivity index (χ2n) is 4.50. The van der Waals surface area contributed by atoms with E-state index in [1.54, 1.807) is 29.7 Å². The van der Waals surface area contributed by atoms with Gasteiger partial charge in [0, 0.05) is 11.6 Å². The Morgan fingerprint density at radius 2 is 2.39 bits per heavy atom. The van der Waals surface area contributed by atoms with Gasteiger partial charge in [-0.1, -0.05) is 13.8 Å². The van der Waals surface area contributed by atoms with E-state index in [4.69, 9.17) is 4.42 Å². The number of hydrogen-bond acceptors (Lipinski definition) is 4. The predicted molar refractivity (Wildman–Crippen MR) is 70.5 cm³/mol. The topological polar surface area (TPSA) is 55.1 Å². The predicted octanol–water partition coefficient (Wildman–Crippen LogP) is 3.25. The second kappa shape index (κ2) is 5.82. The molecule has 5 heteroatoms. The molecule has 1 amide bonds. The van der Waals surface area contributed by atoms with Crippen molar-refractivity contribution in [3.63, 3.8) is 0 Å². The molecule has 2 heterocycles. The Hall–Kier alpha value is -1.62. The van der Waals surface area contributed by atoms with Gasteiger partial charge in [-0.3, -0.25) is 4.79 Å². The molecule has 0 aliphatic heterocycles. The van der Waals surface area contributed by atoms with Gasteiger partial charge in [0.25, 0.3) is 5.91 Å². The number of hydrogen-bond donors (Lipinski definition) is 1. The van der Waals surface area contributed by atoms with Crippen molar-refractivity contribution in [3.05, 3.63) is 40.7 Å². The largest absolute Gasteiger partial charge is 0.459 e. The van der Waals surface area contributed by atoms with Crippen LogP contribution in [0.3, 0.4) is 0 Å². The Balaban J connectivity index is 2.08. The van der Waals surface area contributed by atoms with E-state index in [0.29, 0.717) is 11.7 Å². The second-order valence-corrected chi connectivity index (χ2v) is 5.43. The van der Waals surface area contributed by atoms with Crippen molar-refractivity contribution in [2.45, 2.75) is 26.3 Å². The molecule has 0 bridgehead atoms. The van der Waals surface area contributed by atoms with Gasteiger partial charge in [0.2, 0.25) is 0 Å². The molecule has 0 aliphatic rings. The van der Waals surface area contributed by atoms with Crippen LogP contribution in [0.4, 0.5) is 0 Å². The minimum absolute atomic E-state index is 0.0531. The molecule has 0 aromatic carbocycles. The quantitative estimate of drug-likeness (QED) is 0.901. The van der Waals surface area contributed by atoms with Crippen LogP contribution >= 0.6 is 11.3 Å². The summed E-state index contributed by atoms with van der Waals surface area (Å²) in [6.07, 6.45) is 4.11. The highest BCUT2D eigenvalue weighted by atomic mass is 32.1. The molecule has 1 unspecified atom stereocenters. The fraction of sp³-hybridized carbons (Fsp3) is 0.385. The summed E-state index contributed by atoms with van der Waals surface area (Å²) in [5.74, 6) is 0.622. The fourth-order valence-corrected chi connectivity index (χ4v) is 2.44. The third-order valence-corrected chi connectivity index (χ3v) is 3.40. The summed E-state index contributed by atoms with van der Waals surface area (Å²) in [6.45, 7) is 4.25. The van der Waals surface area contributed by atoms with Gasteiger partial charge >= 0.3 is 0 Å². The van der Waals surface area contributed by atoms with Gasteiger partial charge in [0.05, 0.1) is 12.3 Å². The van der Waals surface area contributed by atoms with Crippen LogP contribution in [0.15, 0.2) is 34.4 Å². The van der Waals surface area contributed by atoms with Crippen LogP contribution in [0.2, 0.25) is 0 Å². The highest BCUT2D eigenvalue weighted by Crippen LogP contribution is 2.23. The van der Waals surface area contributed by atoms with Crippen molar-refractivity contribution in [1.29, 1.82) is 0 Å². The van der Waals surface area contributed by atoms with Crippen molar-refractivity contribution in [2.75, 3.05) is 0 Å². The zero-order valence-electron chi connectivity index (χ0n) is 10.4. The summed E-state index contributed by atoms with van der Waals surface area (Å²) >= 11 is 1.56. The number of furan rings is 1. The zero-order valence-corrected chi connectivity index (χ0v) is 11.2. The summed E-state index contributed by atoms with van der Waals surface area (Å²) in [5, 5.41) is 5.82. The van der Waals surface area contributed by atoms with Crippen molar-refractivity contribution >= 4 is 17.2 Å². The lowest BCUT2D eigenvalue weighted by Crippen LogP contribution is -2.29. The molecular weight excluding hydrogens is 248 g/mol. The summed E-state index contributed by atoms with van der Waals surface area (Å²) in [4.78, 5) is 16.2. The minimum atomic E-state index is -0.194. The monoisotopic (exact) mass is 264 g/mol. The van der Waals surface area contributed by atoms with Crippen LogP contribution in [0.25, 0.3) is 0 Å². The Kier molecular flexibility index (Phi) is 4.15. The molecule has 0 saturated carbocycles. The molecule has 2 aromatic rings. The molecule has 0 radical (unpaired) electrons. The van der Waals surface area contributed by atoms with Gasteiger partial charge in [-0.15, -0.1) is 11.3 Å². The smallest absolute Gasteiger partial charge is 0.287 e. The summed E-state index contributed by atoms with van der Waals surface area (Å²) < 4.78 is 5.09. The fourth-order valence-electron chi connectivity index (χ4n) is 1.74. The third kappa shape index (κ3) is 3.20. The molecule has 0 fully saturated rings. The van der Waals surface area contributed by atoms with E-state index >= 15 is 0 Å². The molecule has 18 heavy (non-hydrogen) atoms. The van der Waals surface area contributed by atoms with E-state index < -0.39 is 0 Å². The number of nitrogens with one attached hydrogen (secondary N) is 1. The Bertz CT molecular complexity index is 477. The number of thiazole rings is 1. The minimum Gasteiger partial charge on any atom is -0.459 e. The van der Waals surface area contributed by atoms with E-state index in [1.807, 2.05) is 5.38 Å². The average Bonchev–Trinajstić information content (AvgIpc) is 3.01. The molecule has 2 aromatic heterocycles. The van der Waals surface area contributed by atoms with Gasteiger partial charge in [-0.05, 0) is 24.5 Å². The van der Waals surface area contributed by atoms with Crippen LogP contribution in [-0.2, 0) is 0 Å². The Morgan fingerprint density at radius 1 is 1.56 bits per heavy atom. The van der Waals surface area contributed by atoms with Gasteiger partial charge in [-0.25, -0.2) is 4.98 Å². The van der Waals surface area contributed by atoms with Crippen LogP contribution < -0.4 is 5.32 Å². The van der Waals surface area contributed by atoms with Crippen molar-refractivity contribution in [1.82, 2.24) is 10.3 Å². The SMILES string of the molecule is CC(C)CC(NC(=O)c1ccco1)c1nccs1. The number of carbonyl (C=O) groups excluding carboxylic acids is 1. The Labute approximate surface area is 110 Å². The maximum Gasteiger partial charge on any atom is 0.287 e. The lowest BCUT2D eigenvalue weighted by Gasteiger charge is -2.17.